The molecule has 3 heteroatoms. The maximum absolute atomic E-state index is 6.19. The van der Waals surface area contributed by atoms with Crippen LogP contribution in [0.15, 0.2) is 42.6 Å². The number of rotatable bonds is 7. The first-order valence-corrected chi connectivity index (χ1v) is 10.3. The number of benzene rings is 2. The number of hydrogen-bond donors (Lipinski definition) is 0. The van der Waals surface area contributed by atoms with Gasteiger partial charge in [-0.2, -0.15) is 0 Å². The van der Waals surface area contributed by atoms with Crippen LogP contribution in [0.3, 0.4) is 0 Å². The Morgan fingerprint density at radius 2 is 1.52 bits per heavy atom. The summed E-state index contributed by atoms with van der Waals surface area (Å²) in [7, 11) is 1.71. The lowest BCUT2D eigenvalue weighted by molar-refractivity contribution is 0.292. The molecule has 3 nitrogen and oxygen atoms in total. The summed E-state index contributed by atoms with van der Waals surface area (Å²) >= 11 is 0. The van der Waals surface area contributed by atoms with Crippen LogP contribution in [0.5, 0.6) is 11.5 Å². The molecule has 152 valence electrons. The van der Waals surface area contributed by atoms with Gasteiger partial charge < -0.3 is 9.47 Å². The molecule has 1 heterocycles. The van der Waals surface area contributed by atoms with Crippen LogP contribution in [0.4, 0.5) is 0 Å². The molecule has 0 aliphatic heterocycles. The fourth-order valence-electron chi connectivity index (χ4n) is 3.77. The van der Waals surface area contributed by atoms with Gasteiger partial charge in [0.1, 0.15) is 18.1 Å². The lowest BCUT2D eigenvalue weighted by Crippen LogP contribution is -2.04. The molecule has 2 aromatic carbocycles. The Labute approximate surface area is 174 Å². The topological polar surface area (TPSA) is 31.4 Å². The molecule has 3 rings (SSSR count). The molecule has 0 N–H and O–H groups in total. The predicted octanol–water partition coefficient (Wildman–Crippen LogP) is 6.39. The first-order chi connectivity index (χ1) is 14.0. The molecule has 3 aromatic rings. The zero-order chi connectivity index (χ0) is 21.0. The Kier molecular flexibility index (Phi) is 6.58. The number of aryl methyl sites for hydroxylation is 4. The number of ether oxygens (including phenoxy) is 2. The van der Waals surface area contributed by atoms with Crippen molar-refractivity contribution in [3.05, 3.63) is 76.0 Å². The second kappa shape index (κ2) is 9.13. The third-order valence-corrected chi connectivity index (χ3v) is 5.66. The lowest BCUT2D eigenvalue weighted by Gasteiger charge is -2.17. The highest BCUT2D eigenvalue weighted by Gasteiger charge is 2.14. The van der Waals surface area contributed by atoms with Crippen LogP contribution in [-0.2, 0) is 19.4 Å². The SMILES string of the molecule is CCc1cccc(CC)c1-c1cc(OC)c(COc2c(C)ccc(C)c2C)cn1. The van der Waals surface area contributed by atoms with Crippen LogP contribution in [0.2, 0.25) is 0 Å². The highest BCUT2D eigenvalue weighted by Crippen LogP contribution is 2.32. The summed E-state index contributed by atoms with van der Waals surface area (Å²) in [6.45, 7) is 11.1. The molecule has 0 bridgehead atoms. The maximum atomic E-state index is 6.19. The Balaban J connectivity index is 1.94. The van der Waals surface area contributed by atoms with Gasteiger partial charge in [-0.05, 0) is 61.4 Å². The average molecular weight is 390 g/mol. The molecule has 0 aliphatic carbocycles. The Bertz CT molecular complexity index is 986. The zero-order valence-electron chi connectivity index (χ0n) is 18.4. The standard InChI is InChI=1S/C26H31NO2/c1-7-20-10-9-11-21(8-2)25(20)23-14-24(28-6)22(15-27-23)16-29-26-18(4)13-12-17(3)19(26)5/h9-15H,7-8,16H2,1-6H3. The third kappa shape index (κ3) is 4.29. The van der Waals surface area contributed by atoms with E-state index in [1.165, 1.54) is 27.8 Å². The Hall–Kier alpha value is -2.81. The van der Waals surface area contributed by atoms with E-state index in [2.05, 4.69) is 65.0 Å². The van der Waals surface area contributed by atoms with Gasteiger partial charge >= 0.3 is 0 Å². The van der Waals surface area contributed by atoms with Crippen LogP contribution in [0.25, 0.3) is 11.3 Å². The minimum atomic E-state index is 0.428. The highest BCUT2D eigenvalue weighted by atomic mass is 16.5. The van der Waals surface area contributed by atoms with E-state index in [-0.39, 0.29) is 0 Å². The van der Waals surface area contributed by atoms with E-state index in [4.69, 9.17) is 14.5 Å². The van der Waals surface area contributed by atoms with Crippen molar-refractivity contribution in [2.24, 2.45) is 0 Å². The Morgan fingerprint density at radius 1 is 0.862 bits per heavy atom. The minimum absolute atomic E-state index is 0.428. The second-order valence-electron chi connectivity index (χ2n) is 7.48. The molecule has 29 heavy (non-hydrogen) atoms. The van der Waals surface area contributed by atoms with Crippen LogP contribution >= 0.6 is 0 Å². The van der Waals surface area contributed by atoms with Crippen molar-refractivity contribution in [2.45, 2.75) is 54.1 Å². The second-order valence-corrected chi connectivity index (χ2v) is 7.48. The fraction of sp³-hybridized carbons (Fsp3) is 0.346. The molecule has 0 radical (unpaired) electrons. The van der Waals surface area contributed by atoms with Crippen molar-refractivity contribution in [3.8, 4) is 22.8 Å². The van der Waals surface area contributed by atoms with E-state index in [0.717, 1.165) is 41.2 Å². The van der Waals surface area contributed by atoms with Crippen LogP contribution < -0.4 is 9.47 Å². The van der Waals surface area contributed by atoms with E-state index in [1.807, 2.05) is 12.3 Å². The molecule has 0 spiro atoms. The van der Waals surface area contributed by atoms with E-state index < -0.39 is 0 Å². The summed E-state index contributed by atoms with van der Waals surface area (Å²) in [4.78, 5) is 4.79. The number of hydrogen-bond acceptors (Lipinski definition) is 3. The van der Waals surface area contributed by atoms with Crippen molar-refractivity contribution in [1.82, 2.24) is 4.98 Å². The summed E-state index contributed by atoms with van der Waals surface area (Å²) in [6.07, 6.45) is 3.84. The molecule has 0 saturated carbocycles. The van der Waals surface area contributed by atoms with E-state index >= 15 is 0 Å². The molecule has 0 fully saturated rings. The van der Waals surface area contributed by atoms with Gasteiger partial charge in [0.2, 0.25) is 0 Å². The van der Waals surface area contributed by atoms with E-state index in [0.29, 0.717) is 6.61 Å². The molecule has 0 aliphatic rings. The summed E-state index contributed by atoms with van der Waals surface area (Å²) in [6, 6.07) is 12.8. The summed E-state index contributed by atoms with van der Waals surface area (Å²) in [5, 5.41) is 0. The molecule has 0 unspecified atom stereocenters. The predicted molar refractivity (Wildman–Crippen MR) is 120 cm³/mol. The zero-order valence-corrected chi connectivity index (χ0v) is 18.4. The summed E-state index contributed by atoms with van der Waals surface area (Å²) < 4.78 is 11.9. The van der Waals surface area contributed by atoms with Gasteiger partial charge in [0, 0.05) is 23.4 Å². The van der Waals surface area contributed by atoms with Crippen LogP contribution in [-0.4, -0.2) is 12.1 Å². The molecule has 0 saturated heterocycles. The molecule has 0 atom stereocenters. The van der Waals surface area contributed by atoms with E-state index in [9.17, 15) is 0 Å². The smallest absolute Gasteiger partial charge is 0.129 e. The van der Waals surface area contributed by atoms with Crippen molar-refractivity contribution < 1.29 is 9.47 Å². The van der Waals surface area contributed by atoms with Crippen LogP contribution in [0.1, 0.15) is 47.2 Å². The van der Waals surface area contributed by atoms with E-state index in [1.54, 1.807) is 7.11 Å². The van der Waals surface area contributed by atoms with Gasteiger partial charge in [-0.15, -0.1) is 0 Å². The average Bonchev–Trinajstić information content (AvgIpc) is 2.75. The summed E-state index contributed by atoms with van der Waals surface area (Å²) in [5.74, 6) is 1.76. The normalized spacial score (nSPS) is 10.8. The van der Waals surface area contributed by atoms with Crippen molar-refractivity contribution in [1.29, 1.82) is 0 Å². The largest absolute Gasteiger partial charge is 0.496 e. The number of pyridine rings is 1. The van der Waals surface area contributed by atoms with Gasteiger partial charge in [-0.25, -0.2) is 0 Å². The van der Waals surface area contributed by atoms with Gasteiger partial charge in [0.15, 0.2) is 0 Å². The molecular formula is C26H31NO2. The highest BCUT2D eigenvalue weighted by molar-refractivity contribution is 5.69. The fourth-order valence-corrected chi connectivity index (χ4v) is 3.77. The summed E-state index contributed by atoms with van der Waals surface area (Å²) in [5.41, 5.74) is 9.32. The van der Waals surface area contributed by atoms with Crippen LogP contribution in [0, 0.1) is 20.8 Å². The molecular weight excluding hydrogens is 358 g/mol. The monoisotopic (exact) mass is 389 g/mol. The molecule has 0 amide bonds. The minimum Gasteiger partial charge on any atom is -0.496 e. The number of nitrogens with zero attached hydrogens (tertiary/aromatic N) is 1. The third-order valence-electron chi connectivity index (χ3n) is 5.66. The van der Waals surface area contributed by atoms with Crippen molar-refractivity contribution in [3.63, 3.8) is 0 Å². The first-order valence-electron chi connectivity index (χ1n) is 10.3. The van der Waals surface area contributed by atoms with Crippen molar-refractivity contribution in [2.75, 3.05) is 7.11 Å². The number of aromatic nitrogens is 1. The first kappa shape index (κ1) is 20.9. The Morgan fingerprint density at radius 3 is 2.14 bits per heavy atom. The van der Waals surface area contributed by atoms with Gasteiger partial charge in [-0.1, -0.05) is 44.2 Å². The van der Waals surface area contributed by atoms with Gasteiger partial charge in [0.05, 0.1) is 12.8 Å². The quantitative estimate of drug-likeness (QED) is 0.469. The van der Waals surface area contributed by atoms with Gasteiger partial charge in [0.25, 0.3) is 0 Å². The maximum Gasteiger partial charge on any atom is 0.129 e. The van der Waals surface area contributed by atoms with Gasteiger partial charge in [-0.3, -0.25) is 4.98 Å². The van der Waals surface area contributed by atoms with Crippen molar-refractivity contribution >= 4 is 0 Å². The number of methoxy groups -OCH3 is 1. The lowest BCUT2D eigenvalue weighted by atomic mass is 9.94. The molecule has 1 aromatic heterocycles.